The van der Waals surface area contributed by atoms with Gasteiger partial charge < -0.3 is 10.2 Å². The predicted molar refractivity (Wildman–Crippen MR) is 165 cm³/mol. The molecule has 6 rings (SSSR count). The maximum Gasteiger partial charge on any atom is 0.264 e. The van der Waals surface area contributed by atoms with Crippen molar-refractivity contribution in [3.05, 3.63) is 106 Å². The molecule has 0 aliphatic carbocycles. The van der Waals surface area contributed by atoms with Crippen LogP contribution < -0.4 is 10.9 Å². The molecule has 3 aromatic heterocycles. The van der Waals surface area contributed by atoms with Gasteiger partial charge in [0.1, 0.15) is 5.56 Å². The molecule has 1 N–H and O–H groups in total. The lowest BCUT2D eigenvalue weighted by atomic mass is 9.96. The zero-order valence-corrected chi connectivity index (χ0v) is 24.4. The Morgan fingerprint density at radius 2 is 1.81 bits per heavy atom. The number of aryl methyl sites for hydroxylation is 1. The molecule has 0 radical (unpaired) electrons. The summed E-state index contributed by atoms with van der Waals surface area (Å²) in [5, 5.41) is 8.78. The van der Waals surface area contributed by atoms with Crippen LogP contribution in [0.3, 0.4) is 0 Å². The molecule has 1 fully saturated rings. The van der Waals surface area contributed by atoms with Crippen molar-refractivity contribution < 1.29 is 9.59 Å². The van der Waals surface area contributed by atoms with E-state index in [0.717, 1.165) is 18.2 Å². The molecule has 1 aliphatic rings. The van der Waals surface area contributed by atoms with Crippen LogP contribution in [0.25, 0.3) is 22.1 Å². The molecule has 1 saturated heterocycles. The highest BCUT2D eigenvalue weighted by molar-refractivity contribution is 6.01. The number of hydrogen-bond acceptors (Lipinski definition) is 5. The molecule has 43 heavy (non-hydrogen) atoms. The Labute approximate surface area is 249 Å². The molecule has 0 bridgehead atoms. The maximum atomic E-state index is 14.3. The first-order valence-corrected chi connectivity index (χ1v) is 14.4. The molecular formula is C34H32N6O3. The number of benzene rings is 2. The van der Waals surface area contributed by atoms with Crippen LogP contribution in [0.4, 0.5) is 0 Å². The highest BCUT2D eigenvalue weighted by atomic mass is 16.2. The van der Waals surface area contributed by atoms with E-state index in [1.807, 2.05) is 66.4 Å². The third-order valence-electron chi connectivity index (χ3n) is 8.03. The van der Waals surface area contributed by atoms with E-state index in [-0.39, 0.29) is 23.3 Å². The number of hydrogen-bond donors (Lipinski definition) is 1. The lowest BCUT2D eigenvalue weighted by Crippen LogP contribution is -2.36. The van der Waals surface area contributed by atoms with Crippen molar-refractivity contribution in [1.29, 1.82) is 0 Å². The molecule has 2 aromatic carbocycles. The number of rotatable bonds is 4. The smallest absolute Gasteiger partial charge is 0.264 e. The number of carbonyl (C=O) groups excluding carboxylic acids is 2. The first-order valence-electron chi connectivity index (χ1n) is 14.4. The van der Waals surface area contributed by atoms with Crippen molar-refractivity contribution in [1.82, 2.24) is 29.4 Å². The molecule has 1 atom stereocenters. The third-order valence-corrected chi connectivity index (χ3v) is 8.03. The second-order valence-corrected chi connectivity index (χ2v) is 10.9. The highest BCUT2D eigenvalue weighted by Crippen LogP contribution is 2.25. The summed E-state index contributed by atoms with van der Waals surface area (Å²) in [4.78, 5) is 45.7. The largest absolute Gasteiger partial charge is 0.344 e. The number of amides is 2. The minimum atomic E-state index is -0.524. The molecule has 0 saturated carbocycles. The number of aromatic nitrogens is 4. The standard InChI is InChI=1S/C34H32N6O3/c1-22(36-33(42)30-23(2)37-39-18-8-17-35-32(30)39)29-21-27-10-7-9-26(14-13-25-15-19-38(20-16-25)24(3)41)31(27)34(43)40(29)28-11-5-4-6-12-28/h4-12,17-18,21-22,25H,15-16,19-20H2,1-3H3,(H,36,42). The molecule has 0 spiro atoms. The summed E-state index contributed by atoms with van der Waals surface area (Å²) in [6.07, 6.45) is 5.01. The molecule has 9 nitrogen and oxygen atoms in total. The lowest BCUT2D eigenvalue weighted by molar-refractivity contribution is -0.129. The number of nitrogens with zero attached hydrogens (tertiary/aromatic N) is 5. The monoisotopic (exact) mass is 572 g/mol. The van der Waals surface area contributed by atoms with Gasteiger partial charge in [-0.25, -0.2) is 9.50 Å². The van der Waals surface area contributed by atoms with Gasteiger partial charge >= 0.3 is 0 Å². The van der Waals surface area contributed by atoms with Gasteiger partial charge in [-0.2, -0.15) is 5.10 Å². The van der Waals surface area contributed by atoms with Gasteiger partial charge in [0.25, 0.3) is 11.5 Å². The zero-order chi connectivity index (χ0) is 30.1. The fourth-order valence-electron chi connectivity index (χ4n) is 5.77. The molecule has 216 valence electrons. The molecular weight excluding hydrogens is 540 g/mol. The second kappa shape index (κ2) is 11.6. The van der Waals surface area contributed by atoms with E-state index in [1.54, 1.807) is 41.4 Å². The minimum absolute atomic E-state index is 0.0913. The summed E-state index contributed by atoms with van der Waals surface area (Å²) in [6, 6.07) is 18.3. The van der Waals surface area contributed by atoms with Crippen molar-refractivity contribution in [3.8, 4) is 17.5 Å². The van der Waals surface area contributed by atoms with Crippen LogP contribution in [0.2, 0.25) is 0 Å². The Kier molecular flexibility index (Phi) is 7.51. The van der Waals surface area contributed by atoms with E-state index >= 15 is 0 Å². The molecule has 1 unspecified atom stereocenters. The number of likely N-dealkylation sites (tertiary alicyclic amines) is 1. The number of fused-ring (bicyclic) bond motifs is 2. The summed E-state index contributed by atoms with van der Waals surface area (Å²) in [7, 11) is 0. The average molecular weight is 573 g/mol. The summed E-state index contributed by atoms with van der Waals surface area (Å²) >= 11 is 0. The number of nitrogens with one attached hydrogen (secondary N) is 1. The summed E-state index contributed by atoms with van der Waals surface area (Å²) in [5.74, 6) is 6.59. The molecule has 9 heteroatoms. The summed E-state index contributed by atoms with van der Waals surface area (Å²) in [6.45, 7) is 6.63. The van der Waals surface area contributed by atoms with Gasteiger partial charge in [-0.05, 0) is 62.4 Å². The van der Waals surface area contributed by atoms with Crippen LogP contribution in [0.15, 0.2) is 77.9 Å². The second-order valence-electron chi connectivity index (χ2n) is 10.9. The van der Waals surface area contributed by atoms with Gasteiger partial charge in [0, 0.05) is 55.3 Å². The van der Waals surface area contributed by atoms with Crippen LogP contribution in [-0.2, 0) is 4.79 Å². The number of piperidine rings is 1. The van der Waals surface area contributed by atoms with E-state index in [9.17, 15) is 14.4 Å². The van der Waals surface area contributed by atoms with E-state index in [4.69, 9.17) is 0 Å². The summed E-state index contributed by atoms with van der Waals surface area (Å²) in [5.41, 5.74) is 3.23. The first kappa shape index (κ1) is 27.9. The lowest BCUT2D eigenvalue weighted by Gasteiger charge is -2.28. The topological polar surface area (TPSA) is 102 Å². The number of pyridine rings is 1. The molecule has 1 aliphatic heterocycles. The Morgan fingerprint density at radius 3 is 2.56 bits per heavy atom. The van der Waals surface area contributed by atoms with Crippen LogP contribution in [0.1, 0.15) is 60.0 Å². The SMILES string of the molecule is CC(=O)N1CCC(C#Cc2cccc3cc(C(C)NC(=O)c4c(C)nn5cccnc45)n(-c4ccccc4)c(=O)c23)CC1. The molecule has 4 heterocycles. The Balaban J connectivity index is 1.40. The maximum absolute atomic E-state index is 14.3. The normalized spacial score (nSPS) is 14.3. The quantitative estimate of drug-likeness (QED) is 0.321. The first-order chi connectivity index (χ1) is 20.8. The Morgan fingerprint density at radius 1 is 1.05 bits per heavy atom. The van der Waals surface area contributed by atoms with Gasteiger partial charge in [0.15, 0.2) is 5.65 Å². The fourth-order valence-corrected chi connectivity index (χ4v) is 5.77. The van der Waals surface area contributed by atoms with E-state index in [0.29, 0.717) is 52.3 Å². The highest BCUT2D eigenvalue weighted by Gasteiger charge is 2.24. The number of para-hydroxylation sites is 1. The molecule has 2 amide bonds. The van der Waals surface area contributed by atoms with Crippen molar-refractivity contribution >= 4 is 28.2 Å². The van der Waals surface area contributed by atoms with Gasteiger partial charge in [0.05, 0.1) is 17.1 Å². The minimum Gasteiger partial charge on any atom is -0.344 e. The van der Waals surface area contributed by atoms with Crippen molar-refractivity contribution in [3.63, 3.8) is 0 Å². The van der Waals surface area contributed by atoms with Crippen molar-refractivity contribution in [2.45, 2.75) is 39.7 Å². The van der Waals surface area contributed by atoms with Crippen LogP contribution in [0, 0.1) is 24.7 Å². The Hall–Kier alpha value is -5.23. The fraction of sp³-hybridized carbons (Fsp3) is 0.265. The van der Waals surface area contributed by atoms with Crippen LogP contribution in [0.5, 0.6) is 0 Å². The van der Waals surface area contributed by atoms with Gasteiger partial charge in [-0.3, -0.25) is 19.0 Å². The Bertz CT molecular complexity index is 1970. The van der Waals surface area contributed by atoms with Crippen LogP contribution >= 0.6 is 0 Å². The average Bonchev–Trinajstić information content (AvgIpc) is 3.36. The van der Waals surface area contributed by atoms with E-state index in [2.05, 4.69) is 27.2 Å². The van der Waals surface area contributed by atoms with Gasteiger partial charge in [0.2, 0.25) is 5.91 Å². The van der Waals surface area contributed by atoms with Crippen molar-refractivity contribution in [2.24, 2.45) is 5.92 Å². The molecule has 5 aromatic rings. The predicted octanol–water partition coefficient (Wildman–Crippen LogP) is 4.44. The van der Waals surface area contributed by atoms with Crippen molar-refractivity contribution in [2.75, 3.05) is 13.1 Å². The third kappa shape index (κ3) is 5.40. The zero-order valence-electron chi connectivity index (χ0n) is 24.4. The summed E-state index contributed by atoms with van der Waals surface area (Å²) < 4.78 is 3.24. The van der Waals surface area contributed by atoms with Crippen LogP contribution in [-0.4, -0.2) is 49.0 Å². The van der Waals surface area contributed by atoms with Gasteiger partial charge in [-0.1, -0.05) is 42.2 Å². The number of carbonyl (C=O) groups is 2. The van der Waals surface area contributed by atoms with E-state index < -0.39 is 6.04 Å². The van der Waals surface area contributed by atoms with Gasteiger partial charge in [-0.15, -0.1) is 0 Å². The van der Waals surface area contributed by atoms with E-state index in [1.165, 1.54) is 0 Å².